The largest absolute Gasteiger partial charge is 0.355 e. The van der Waals surface area contributed by atoms with Gasteiger partial charge in [0.15, 0.2) is 9.84 Å². The molecule has 1 aromatic carbocycles. The van der Waals surface area contributed by atoms with Crippen molar-refractivity contribution in [1.82, 2.24) is 4.98 Å². The second-order valence-corrected chi connectivity index (χ2v) is 6.01. The summed E-state index contributed by atoms with van der Waals surface area (Å²) < 4.78 is 22.7. The number of pyridine rings is 1. The van der Waals surface area contributed by atoms with Crippen LogP contribution in [0.25, 0.3) is 0 Å². The number of rotatable bonds is 4. The molecule has 0 saturated carbocycles. The Labute approximate surface area is 111 Å². The maximum Gasteiger partial charge on any atom is 0.175 e. The molecule has 0 aliphatic carbocycles. The van der Waals surface area contributed by atoms with Crippen LogP contribution >= 0.6 is 0 Å². The molecule has 0 bridgehead atoms. The zero-order valence-corrected chi connectivity index (χ0v) is 11.1. The highest BCUT2D eigenvalue weighted by atomic mass is 32.2. The predicted molar refractivity (Wildman–Crippen MR) is 74.9 cm³/mol. The van der Waals surface area contributed by atoms with Crippen LogP contribution in [0.5, 0.6) is 0 Å². The van der Waals surface area contributed by atoms with Crippen molar-refractivity contribution in [2.75, 3.05) is 17.0 Å². The lowest BCUT2D eigenvalue weighted by Gasteiger charge is -2.08. The molecule has 6 nitrogen and oxygen atoms in total. The number of hydrogen-bond donors (Lipinski definition) is 3. The van der Waals surface area contributed by atoms with Gasteiger partial charge >= 0.3 is 0 Å². The van der Waals surface area contributed by atoms with Gasteiger partial charge in [-0.3, -0.25) is 0 Å². The van der Waals surface area contributed by atoms with Gasteiger partial charge in [-0.05, 0) is 30.3 Å². The van der Waals surface area contributed by atoms with Crippen LogP contribution in [-0.4, -0.2) is 19.7 Å². The molecule has 2 aromatic rings. The van der Waals surface area contributed by atoms with Crippen LogP contribution in [-0.2, 0) is 9.84 Å². The molecule has 1 aromatic heterocycles. The molecule has 0 aliphatic rings. The number of nitrogen functional groups attached to an aromatic ring is 1. The van der Waals surface area contributed by atoms with E-state index < -0.39 is 9.84 Å². The molecule has 0 spiro atoms. The number of nitrogens with zero attached hydrogens (tertiary/aromatic N) is 1. The van der Waals surface area contributed by atoms with Crippen molar-refractivity contribution >= 4 is 27.0 Å². The van der Waals surface area contributed by atoms with Crippen molar-refractivity contribution in [2.24, 2.45) is 5.84 Å². The van der Waals surface area contributed by atoms with Crippen molar-refractivity contribution in [3.8, 4) is 0 Å². The Morgan fingerprint density at radius 2 is 1.79 bits per heavy atom. The molecular weight excluding hydrogens is 264 g/mol. The maximum atomic E-state index is 11.3. The molecule has 19 heavy (non-hydrogen) atoms. The first-order valence-electron chi connectivity index (χ1n) is 5.49. The first-order valence-corrected chi connectivity index (χ1v) is 7.38. The summed E-state index contributed by atoms with van der Waals surface area (Å²) in [6.45, 7) is 0. The summed E-state index contributed by atoms with van der Waals surface area (Å²) >= 11 is 0. The lowest BCUT2D eigenvalue weighted by atomic mass is 10.3. The number of benzene rings is 1. The van der Waals surface area contributed by atoms with E-state index in [0.717, 1.165) is 11.4 Å². The van der Waals surface area contributed by atoms with E-state index >= 15 is 0 Å². The minimum absolute atomic E-state index is 0.289. The van der Waals surface area contributed by atoms with E-state index in [4.69, 9.17) is 5.84 Å². The zero-order chi connectivity index (χ0) is 13.9. The lowest BCUT2D eigenvalue weighted by Crippen LogP contribution is -2.08. The average Bonchev–Trinajstić information content (AvgIpc) is 2.38. The standard InChI is InChI=1S/C12H14N4O2S/c1-19(17,18)11-4-2-9(3-5-11)15-10-6-7-14-12(8-10)16-13/h2-8H,13H2,1H3,(H2,14,15,16). The Morgan fingerprint density at radius 3 is 2.37 bits per heavy atom. The number of hydrogen-bond acceptors (Lipinski definition) is 6. The lowest BCUT2D eigenvalue weighted by molar-refractivity contribution is 0.602. The predicted octanol–water partition coefficient (Wildman–Crippen LogP) is 1.51. The molecule has 0 fully saturated rings. The van der Waals surface area contributed by atoms with E-state index in [0.29, 0.717) is 5.82 Å². The third kappa shape index (κ3) is 3.43. The first-order chi connectivity index (χ1) is 8.99. The summed E-state index contributed by atoms with van der Waals surface area (Å²) in [4.78, 5) is 4.28. The van der Waals surface area contributed by atoms with E-state index in [-0.39, 0.29) is 4.90 Å². The van der Waals surface area contributed by atoms with Crippen molar-refractivity contribution in [2.45, 2.75) is 4.90 Å². The third-order valence-corrected chi connectivity index (χ3v) is 3.61. The molecule has 0 unspecified atom stereocenters. The minimum Gasteiger partial charge on any atom is -0.355 e. The summed E-state index contributed by atoms with van der Waals surface area (Å²) in [7, 11) is -3.17. The number of sulfone groups is 1. The number of hydrazine groups is 1. The molecule has 0 radical (unpaired) electrons. The van der Waals surface area contributed by atoms with Gasteiger partial charge in [-0.15, -0.1) is 0 Å². The van der Waals surface area contributed by atoms with Crippen LogP contribution in [0.1, 0.15) is 0 Å². The molecule has 7 heteroatoms. The molecule has 0 atom stereocenters. The molecule has 1 heterocycles. The maximum absolute atomic E-state index is 11.3. The van der Waals surface area contributed by atoms with E-state index in [9.17, 15) is 8.42 Å². The normalized spacial score (nSPS) is 11.1. The molecule has 2 rings (SSSR count). The summed E-state index contributed by atoms with van der Waals surface area (Å²) in [5.74, 6) is 5.81. The van der Waals surface area contributed by atoms with Crippen LogP contribution in [0.2, 0.25) is 0 Å². The van der Waals surface area contributed by atoms with Crippen LogP contribution in [0.4, 0.5) is 17.2 Å². The van der Waals surface area contributed by atoms with Gasteiger partial charge in [-0.25, -0.2) is 19.2 Å². The van der Waals surface area contributed by atoms with Crippen LogP contribution in [0, 0.1) is 0 Å². The highest BCUT2D eigenvalue weighted by Crippen LogP contribution is 2.19. The topological polar surface area (TPSA) is 97.1 Å². The average molecular weight is 278 g/mol. The smallest absolute Gasteiger partial charge is 0.175 e. The third-order valence-electron chi connectivity index (χ3n) is 2.48. The van der Waals surface area contributed by atoms with Crippen molar-refractivity contribution in [3.05, 3.63) is 42.6 Å². The Kier molecular flexibility index (Phi) is 3.68. The van der Waals surface area contributed by atoms with Crippen molar-refractivity contribution in [3.63, 3.8) is 0 Å². The number of nitrogens with two attached hydrogens (primary N) is 1. The van der Waals surface area contributed by atoms with Crippen LogP contribution in [0.3, 0.4) is 0 Å². The fourth-order valence-corrected chi connectivity index (χ4v) is 2.17. The van der Waals surface area contributed by atoms with E-state index in [1.165, 1.54) is 6.26 Å². The van der Waals surface area contributed by atoms with Crippen LogP contribution < -0.4 is 16.6 Å². The summed E-state index contributed by atoms with van der Waals surface area (Å²) in [5, 5.41) is 3.13. The molecule has 4 N–H and O–H groups in total. The Balaban J connectivity index is 2.19. The van der Waals surface area contributed by atoms with Crippen molar-refractivity contribution in [1.29, 1.82) is 0 Å². The van der Waals surface area contributed by atoms with E-state index in [1.807, 2.05) is 0 Å². The second kappa shape index (κ2) is 5.25. The van der Waals surface area contributed by atoms with Gasteiger partial charge < -0.3 is 10.7 Å². The molecule has 100 valence electrons. The SMILES string of the molecule is CS(=O)(=O)c1ccc(Nc2ccnc(NN)c2)cc1. The first kappa shape index (κ1) is 13.3. The van der Waals surface area contributed by atoms with Gasteiger partial charge in [-0.2, -0.15) is 0 Å². The number of nitrogens with one attached hydrogen (secondary N) is 2. The van der Waals surface area contributed by atoms with E-state index in [1.54, 1.807) is 42.6 Å². The van der Waals surface area contributed by atoms with Crippen LogP contribution in [0.15, 0.2) is 47.5 Å². The van der Waals surface area contributed by atoms with E-state index in [2.05, 4.69) is 15.7 Å². The fraction of sp³-hybridized carbons (Fsp3) is 0.0833. The Bertz CT molecular complexity index is 668. The number of aromatic nitrogens is 1. The zero-order valence-electron chi connectivity index (χ0n) is 10.3. The highest BCUT2D eigenvalue weighted by Gasteiger charge is 2.06. The quantitative estimate of drug-likeness (QED) is 0.579. The van der Waals surface area contributed by atoms with Gasteiger partial charge in [0, 0.05) is 29.9 Å². The van der Waals surface area contributed by atoms with Gasteiger partial charge in [-0.1, -0.05) is 0 Å². The highest BCUT2D eigenvalue weighted by molar-refractivity contribution is 7.90. The number of anilines is 3. The second-order valence-electron chi connectivity index (χ2n) is 4.00. The summed E-state index contributed by atoms with van der Waals surface area (Å²) in [6, 6.07) is 10.0. The fourth-order valence-electron chi connectivity index (χ4n) is 1.54. The van der Waals surface area contributed by atoms with Gasteiger partial charge in [0.1, 0.15) is 5.82 Å². The Morgan fingerprint density at radius 1 is 1.11 bits per heavy atom. The Hall–Kier alpha value is -2.12. The van der Waals surface area contributed by atoms with Gasteiger partial charge in [0.25, 0.3) is 0 Å². The molecular formula is C12H14N4O2S. The van der Waals surface area contributed by atoms with Gasteiger partial charge in [0.2, 0.25) is 0 Å². The monoisotopic (exact) mass is 278 g/mol. The molecule has 0 amide bonds. The molecule has 0 saturated heterocycles. The summed E-state index contributed by atoms with van der Waals surface area (Å²) in [6.07, 6.45) is 2.79. The van der Waals surface area contributed by atoms with Crippen molar-refractivity contribution < 1.29 is 8.42 Å². The van der Waals surface area contributed by atoms with Gasteiger partial charge in [0.05, 0.1) is 4.90 Å². The minimum atomic E-state index is -3.17. The molecule has 0 aliphatic heterocycles. The summed E-state index contributed by atoms with van der Waals surface area (Å²) in [5.41, 5.74) is 4.03.